The highest BCUT2D eigenvalue weighted by molar-refractivity contribution is 7.21. The van der Waals surface area contributed by atoms with E-state index in [9.17, 15) is 4.79 Å². The fourth-order valence-electron chi connectivity index (χ4n) is 3.52. The Hall–Kier alpha value is -3.50. The number of anilines is 1. The molecule has 5 rings (SSSR count). The Bertz CT molecular complexity index is 1340. The number of carbonyl (C=O) groups excluding carboxylic acids is 1. The summed E-state index contributed by atoms with van der Waals surface area (Å²) in [6.45, 7) is 2.03. The van der Waals surface area contributed by atoms with E-state index >= 15 is 0 Å². The van der Waals surface area contributed by atoms with Gasteiger partial charge in [0.2, 0.25) is 0 Å². The van der Waals surface area contributed by atoms with Crippen molar-refractivity contribution < 1.29 is 4.79 Å². The Labute approximate surface area is 172 Å². The number of rotatable bonds is 3. The second-order valence-electron chi connectivity index (χ2n) is 6.98. The standard InChI is InChI=1S/C25H18N2OS/c1-16-20(25-27-22-10-4-5-12-23(22)29-25)9-6-11-21(16)26-24(28)19-14-13-17-7-2-3-8-18(17)15-19/h2-15H,1H3,(H,26,28). The van der Waals surface area contributed by atoms with Crippen LogP contribution in [-0.2, 0) is 0 Å². The van der Waals surface area contributed by atoms with E-state index in [-0.39, 0.29) is 5.91 Å². The molecule has 1 aromatic heterocycles. The normalized spacial score (nSPS) is 11.1. The molecule has 5 aromatic rings. The Kier molecular flexibility index (Phi) is 4.34. The van der Waals surface area contributed by atoms with Crippen LogP contribution in [0.5, 0.6) is 0 Å². The molecule has 0 aliphatic carbocycles. The van der Waals surface area contributed by atoms with Crippen molar-refractivity contribution in [3.05, 3.63) is 96.1 Å². The minimum atomic E-state index is -0.111. The molecule has 0 unspecified atom stereocenters. The molecule has 0 radical (unpaired) electrons. The first-order chi connectivity index (χ1) is 14.2. The minimum Gasteiger partial charge on any atom is -0.322 e. The maximum atomic E-state index is 12.9. The van der Waals surface area contributed by atoms with Gasteiger partial charge in [-0.15, -0.1) is 11.3 Å². The first kappa shape index (κ1) is 17.6. The Morgan fingerprint density at radius 1 is 0.862 bits per heavy atom. The van der Waals surface area contributed by atoms with Crippen molar-refractivity contribution in [3.8, 4) is 10.6 Å². The van der Waals surface area contributed by atoms with Crippen molar-refractivity contribution in [2.24, 2.45) is 0 Å². The van der Waals surface area contributed by atoms with Crippen LogP contribution in [0.3, 0.4) is 0 Å². The van der Waals surface area contributed by atoms with Gasteiger partial charge in [0, 0.05) is 16.8 Å². The van der Waals surface area contributed by atoms with Crippen LogP contribution >= 0.6 is 11.3 Å². The fourth-order valence-corrected chi connectivity index (χ4v) is 4.56. The molecular weight excluding hydrogens is 376 g/mol. The Balaban J connectivity index is 1.48. The van der Waals surface area contributed by atoms with Crippen molar-refractivity contribution in [1.29, 1.82) is 0 Å². The van der Waals surface area contributed by atoms with Crippen LogP contribution in [0.15, 0.2) is 84.9 Å². The molecule has 1 amide bonds. The lowest BCUT2D eigenvalue weighted by atomic mass is 10.1. The average Bonchev–Trinajstić information content (AvgIpc) is 3.19. The highest BCUT2D eigenvalue weighted by Gasteiger charge is 2.13. The summed E-state index contributed by atoms with van der Waals surface area (Å²) in [5, 5.41) is 6.22. The number of nitrogens with zero attached hydrogens (tertiary/aromatic N) is 1. The van der Waals surface area contributed by atoms with Gasteiger partial charge in [-0.3, -0.25) is 4.79 Å². The van der Waals surface area contributed by atoms with E-state index in [1.165, 1.54) is 0 Å². The zero-order chi connectivity index (χ0) is 19.8. The van der Waals surface area contributed by atoms with Crippen LogP contribution in [0.25, 0.3) is 31.6 Å². The van der Waals surface area contributed by atoms with Gasteiger partial charge < -0.3 is 5.32 Å². The minimum absolute atomic E-state index is 0.111. The lowest BCUT2D eigenvalue weighted by Gasteiger charge is -2.12. The summed E-state index contributed by atoms with van der Waals surface area (Å²) in [7, 11) is 0. The van der Waals surface area contributed by atoms with Gasteiger partial charge in [-0.1, -0.05) is 54.6 Å². The molecule has 140 valence electrons. The SMILES string of the molecule is Cc1c(NC(=O)c2ccc3ccccc3c2)cccc1-c1nc2ccccc2s1. The van der Waals surface area contributed by atoms with Crippen molar-refractivity contribution in [1.82, 2.24) is 4.98 Å². The van der Waals surface area contributed by atoms with E-state index < -0.39 is 0 Å². The predicted molar refractivity (Wildman–Crippen MR) is 122 cm³/mol. The summed E-state index contributed by atoms with van der Waals surface area (Å²) < 4.78 is 1.16. The summed E-state index contributed by atoms with van der Waals surface area (Å²) in [6.07, 6.45) is 0. The molecule has 4 aromatic carbocycles. The molecule has 0 aliphatic rings. The molecule has 0 saturated carbocycles. The largest absolute Gasteiger partial charge is 0.322 e. The highest BCUT2D eigenvalue weighted by atomic mass is 32.1. The lowest BCUT2D eigenvalue weighted by Crippen LogP contribution is -2.13. The quantitative estimate of drug-likeness (QED) is 0.371. The monoisotopic (exact) mass is 394 g/mol. The van der Waals surface area contributed by atoms with Crippen molar-refractivity contribution in [3.63, 3.8) is 0 Å². The first-order valence-corrected chi connectivity index (χ1v) is 10.3. The second-order valence-corrected chi connectivity index (χ2v) is 8.01. The van der Waals surface area contributed by atoms with Crippen molar-refractivity contribution in [2.45, 2.75) is 6.92 Å². The van der Waals surface area contributed by atoms with Crippen molar-refractivity contribution >= 4 is 43.9 Å². The van der Waals surface area contributed by atoms with Crippen LogP contribution in [0, 0.1) is 6.92 Å². The molecule has 0 aliphatic heterocycles. The van der Waals surface area contributed by atoms with Gasteiger partial charge in [0.25, 0.3) is 5.91 Å². The number of para-hydroxylation sites is 1. The lowest BCUT2D eigenvalue weighted by molar-refractivity contribution is 0.102. The number of nitrogens with one attached hydrogen (secondary N) is 1. The van der Waals surface area contributed by atoms with Gasteiger partial charge in [-0.2, -0.15) is 0 Å². The molecule has 0 spiro atoms. The average molecular weight is 394 g/mol. The number of amides is 1. The predicted octanol–water partition coefficient (Wildman–Crippen LogP) is 6.68. The number of carbonyl (C=O) groups is 1. The van der Waals surface area contributed by atoms with Crippen molar-refractivity contribution in [2.75, 3.05) is 5.32 Å². The zero-order valence-corrected chi connectivity index (χ0v) is 16.7. The summed E-state index contributed by atoms with van der Waals surface area (Å²) in [5.41, 5.74) is 4.51. The molecule has 3 nitrogen and oxygen atoms in total. The molecule has 0 fully saturated rings. The molecular formula is C25H18N2OS. The van der Waals surface area contributed by atoms with E-state index in [0.717, 1.165) is 42.8 Å². The summed E-state index contributed by atoms with van der Waals surface area (Å²) in [5.74, 6) is -0.111. The molecule has 0 saturated heterocycles. The van der Waals surface area contributed by atoms with Gasteiger partial charge >= 0.3 is 0 Å². The number of benzene rings is 4. The van der Waals surface area contributed by atoms with E-state index in [2.05, 4.69) is 17.4 Å². The topological polar surface area (TPSA) is 42.0 Å². The molecule has 1 heterocycles. The smallest absolute Gasteiger partial charge is 0.255 e. The summed E-state index contributed by atoms with van der Waals surface area (Å²) >= 11 is 1.67. The van der Waals surface area contributed by atoms with Gasteiger partial charge in [0.05, 0.1) is 10.2 Å². The number of aromatic nitrogens is 1. The van der Waals surface area contributed by atoms with Gasteiger partial charge in [-0.05, 0) is 53.6 Å². The highest BCUT2D eigenvalue weighted by Crippen LogP contribution is 2.34. The van der Waals surface area contributed by atoms with Crippen LogP contribution < -0.4 is 5.32 Å². The maximum absolute atomic E-state index is 12.9. The summed E-state index contributed by atoms with van der Waals surface area (Å²) in [6, 6.07) is 27.9. The number of hydrogen-bond acceptors (Lipinski definition) is 3. The van der Waals surface area contributed by atoms with E-state index in [1.54, 1.807) is 11.3 Å². The van der Waals surface area contributed by atoms with E-state index in [1.807, 2.05) is 79.7 Å². The Morgan fingerprint density at radius 3 is 2.52 bits per heavy atom. The second kappa shape index (κ2) is 7.15. The van der Waals surface area contributed by atoms with Crippen LogP contribution in [-0.4, -0.2) is 10.9 Å². The molecule has 1 N–H and O–H groups in total. The number of hydrogen-bond donors (Lipinski definition) is 1. The maximum Gasteiger partial charge on any atom is 0.255 e. The number of thiazole rings is 1. The summed E-state index contributed by atoms with van der Waals surface area (Å²) in [4.78, 5) is 17.6. The molecule has 0 bridgehead atoms. The van der Waals surface area contributed by atoms with E-state index in [4.69, 9.17) is 4.98 Å². The third kappa shape index (κ3) is 3.28. The first-order valence-electron chi connectivity index (χ1n) is 9.45. The van der Waals surface area contributed by atoms with Gasteiger partial charge in [-0.25, -0.2) is 4.98 Å². The van der Waals surface area contributed by atoms with Crippen LogP contribution in [0.4, 0.5) is 5.69 Å². The third-order valence-electron chi connectivity index (χ3n) is 5.12. The van der Waals surface area contributed by atoms with Crippen LogP contribution in [0.1, 0.15) is 15.9 Å². The third-order valence-corrected chi connectivity index (χ3v) is 6.19. The Morgan fingerprint density at radius 2 is 1.66 bits per heavy atom. The van der Waals surface area contributed by atoms with Gasteiger partial charge in [0.15, 0.2) is 0 Å². The molecule has 4 heteroatoms. The zero-order valence-electron chi connectivity index (χ0n) is 15.8. The fraction of sp³-hybridized carbons (Fsp3) is 0.0400. The molecule has 29 heavy (non-hydrogen) atoms. The molecule has 0 atom stereocenters. The number of fused-ring (bicyclic) bond motifs is 2. The van der Waals surface area contributed by atoms with Gasteiger partial charge in [0.1, 0.15) is 5.01 Å². The van der Waals surface area contributed by atoms with Crippen LogP contribution in [0.2, 0.25) is 0 Å². The van der Waals surface area contributed by atoms with E-state index in [0.29, 0.717) is 5.56 Å².